The molecule has 0 spiro atoms. The summed E-state index contributed by atoms with van der Waals surface area (Å²) in [5.74, 6) is 2.05. The van der Waals surface area contributed by atoms with Crippen LogP contribution in [0.3, 0.4) is 0 Å². The molecular weight excluding hydrogens is 404 g/mol. The molecule has 2 heterocycles. The Morgan fingerprint density at radius 1 is 1.06 bits per heavy atom. The molecule has 0 unspecified atom stereocenters. The van der Waals surface area contributed by atoms with Gasteiger partial charge in [0.1, 0.15) is 11.5 Å². The summed E-state index contributed by atoms with van der Waals surface area (Å²) >= 11 is 0. The van der Waals surface area contributed by atoms with E-state index >= 15 is 0 Å². The Morgan fingerprint density at radius 2 is 1.72 bits per heavy atom. The second-order valence-corrected chi connectivity index (χ2v) is 7.96. The number of aromatic nitrogens is 2. The number of likely N-dealkylation sites (tertiary alicyclic amines) is 1. The number of rotatable bonds is 6. The fourth-order valence-corrected chi connectivity index (χ4v) is 4.17. The number of ether oxygens (including phenoxy) is 2. The zero-order valence-electron chi connectivity index (χ0n) is 18.5. The van der Waals surface area contributed by atoms with Crippen LogP contribution in [0.5, 0.6) is 11.5 Å². The molecule has 1 aromatic heterocycles. The van der Waals surface area contributed by atoms with Crippen LogP contribution in [0.1, 0.15) is 30.0 Å². The summed E-state index contributed by atoms with van der Waals surface area (Å²) in [5.41, 5.74) is 9.76. The molecule has 1 aliphatic rings. The minimum Gasteiger partial charge on any atom is -0.497 e. The van der Waals surface area contributed by atoms with Gasteiger partial charge in [-0.15, -0.1) is 0 Å². The first kappa shape index (κ1) is 21.6. The van der Waals surface area contributed by atoms with E-state index in [1.165, 1.54) is 0 Å². The van der Waals surface area contributed by atoms with E-state index < -0.39 is 0 Å². The fourth-order valence-electron chi connectivity index (χ4n) is 4.17. The highest BCUT2D eigenvalue weighted by molar-refractivity contribution is 5.79. The van der Waals surface area contributed by atoms with Gasteiger partial charge in [-0.2, -0.15) is 0 Å². The van der Waals surface area contributed by atoms with Gasteiger partial charge in [-0.05, 0) is 48.2 Å². The first-order valence-electron chi connectivity index (χ1n) is 10.7. The van der Waals surface area contributed by atoms with Crippen LogP contribution >= 0.6 is 0 Å². The number of hydrogen-bond donors (Lipinski definition) is 1. The maximum absolute atomic E-state index is 13.0. The Bertz CT molecular complexity index is 1070. The van der Waals surface area contributed by atoms with E-state index in [2.05, 4.69) is 9.97 Å². The summed E-state index contributed by atoms with van der Waals surface area (Å²) in [5, 5.41) is 0. The monoisotopic (exact) mass is 432 g/mol. The van der Waals surface area contributed by atoms with Crippen LogP contribution in [0.2, 0.25) is 0 Å². The number of carbonyl (C=O) groups is 1. The molecule has 1 amide bonds. The number of methoxy groups -OCH3 is 2. The van der Waals surface area contributed by atoms with Crippen LogP contribution in [-0.2, 0) is 11.2 Å². The molecule has 7 nitrogen and oxygen atoms in total. The number of amides is 1. The first-order valence-corrected chi connectivity index (χ1v) is 10.7. The zero-order valence-corrected chi connectivity index (χ0v) is 18.5. The van der Waals surface area contributed by atoms with Crippen molar-refractivity contribution in [3.8, 4) is 22.6 Å². The molecule has 0 aliphatic carbocycles. The number of carbonyl (C=O) groups excluding carboxylic acids is 1. The van der Waals surface area contributed by atoms with Crippen molar-refractivity contribution < 1.29 is 14.3 Å². The number of hydrogen-bond acceptors (Lipinski definition) is 6. The highest BCUT2D eigenvalue weighted by atomic mass is 16.5. The minimum atomic E-state index is 0.103. The Kier molecular flexibility index (Phi) is 6.54. The van der Waals surface area contributed by atoms with Crippen LogP contribution in [0.4, 0.5) is 5.95 Å². The molecule has 2 aromatic carbocycles. The molecule has 3 aromatic rings. The number of benzene rings is 2. The third-order valence-electron chi connectivity index (χ3n) is 5.91. The third kappa shape index (κ3) is 4.82. The van der Waals surface area contributed by atoms with Crippen molar-refractivity contribution in [2.24, 2.45) is 0 Å². The Hall–Kier alpha value is -3.61. The molecule has 1 aliphatic heterocycles. The van der Waals surface area contributed by atoms with Crippen molar-refractivity contribution in [2.45, 2.75) is 25.2 Å². The molecule has 0 bridgehead atoms. The van der Waals surface area contributed by atoms with E-state index in [0.717, 1.165) is 53.3 Å². The smallest absolute Gasteiger partial charge is 0.227 e. The number of nitrogen functional groups attached to an aromatic ring is 1. The molecule has 0 radical (unpaired) electrons. The lowest BCUT2D eigenvalue weighted by Crippen LogP contribution is -2.40. The average molecular weight is 433 g/mol. The fraction of sp³-hybridized carbons (Fsp3) is 0.320. The first-order chi connectivity index (χ1) is 15.6. The van der Waals surface area contributed by atoms with Crippen molar-refractivity contribution in [3.05, 3.63) is 66.0 Å². The van der Waals surface area contributed by atoms with Gasteiger partial charge >= 0.3 is 0 Å². The topological polar surface area (TPSA) is 90.6 Å². The summed E-state index contributed by atoms with van der Waals surface area (Å²) < 4.78 is 10.5. The number of piperidine rings is 1. The van der Waals surface area contributed by atoms with Gasteiger partial charge in [0, 0.05) is 30.8 Å². The van der Waals surface area contributed by atoms with E-state index in [4.69, 9.17) is 15.2 Å². The van der Waals surface area contributed by atoms with Crippen molar-refractivity contribution in [1.29, 1.82) is 0 Å². The van der Waals surface area contributed by atoms with E-state index in [0.29, 0.717) is 13.0 Å². The highest BCUT2D eigenvalue weighted by Crippen LogP contribution is 2.34. The van der Waals surface area contributed by atoms with E-state index in [1.807, 2.05) is 53.4 Å². The lowest BCUT2D eigenvalue weighted by Gasteiger charge is -2.33. The number of nitrogens with two attached hydrogens (primary N) is 1. The molecule has 1 atom stereocenters. The summed E-state index contributed by atoms with van der Waals surface area (Å²) in [4.78, 5) is 23.8. The van der Waals surface area contributed by atoms with Gasteiger partial charge in [0.15, 0.2) is 0 Å². The predicted molar refractivity (Wildman–Crippen MR) is 124 cm³/mol. The van der Waals surface area contributed by atoms with Crippen molar-refractivity contribution >= 4 is 11.9 Å². The van der Waals surface area contributed by atoms with Gasteiger partial charge in [-0.25, -0.2) is 9.97 Å². The summed E-state index contributed by atoms with van der Waals surface area (Å²) in [6, 6.07) is 15.5. The molecule has 32 heavy (non-hydrogen) atoms. The van der Waals surface area contributed by atoms with E-state index in [1.54, 1.807) is 20.4 Å². The molecular formula is C25H28N4O3. The molecule has 1 fully saturated rings. The van der Waals surface area contributed by atoms with Crippen LogP contribution in [0, 0.1) is 0 Å². The summed E-state index contributed by atoms with van der Waals surface area (Å²) in [7, 11) is 3.28. The molecule has 7 heteroatoms. The molecule has 1 saturated heterocycles. The van der Waals surface area contributed by atoms with Crippen molar-refractivity contribution in [3.63, 3.8) is 0 Å². The zero-order chi connectivity index (χ0) is 22.5. The number of nitrogens with zero attached hydrogens (tertiary/aromatic N) is 3. The maximum atomic E-state index is 13.0. The van der Waals surface area contributed by atoms with Gasteiger partial charge in [-0.1, -0.05) is 24.3 Å². The largest absolute Gasteiger partial charge is 0.497 e. The standard InChI is InChI=1S/C25H28N4O3/c1-31-20-9-5-17(6-10-20)14-23(30)29-13-3-4-19(16-29)24-22(15-27-25(26)28-24)18-7-11-21(32-2)12-8-18/h5-12,15,19H,3-4,13-14,16H2,1-2H3,(H2,26,27,28)/t19-/m0/s1. The quantitative estimate of drug-likeness (QED) is 0.639. The summed E-state index contributed by atoms with van der Waals surface area (Å²) in [6.45, 7) is 1.37. The average Bonchev–Trinajstić information content (AvgIpc) is 2.84. The van der Waals surface area contributed by atoms with E-state index in [-0.39, 0.29) is 17.8 Å². The lowest BCUT2D eigenvalue weighted by atomic mass is 9.89. The molecule has 4 rings (SSSR count). The van der Waals surface area contributed by atoms with Crippen molar-refractivity contribution in [2.75, 3.05) is 33.0 Å². The van der Waals surface area contributed by atoms with Gasteiger partial charge in [0.05, 0.1) is 26.3 Å². The van der Waals surface area contributed by atoms with Crippen LogP contribution in [0.25, 0.3) is 11.1 Å². The molecule has 2 N–H and O–H groups in total. The second kappa shape index (κ2) is 9.68. The highest BCUT2D eigenvalue weighted by Gasteiger charge is 2.28. The SMILES string of the molecule is COc1ccc(CC(=O)N2CCC[C@H](c3nc(N)ncc3-c3ccc(OC)cc3)C2)cc1. The molecule has 0 saturated carbocycles. The van der Waals surface area contributed by atoms with Gasteiger partial charge < -0.3 is 20.1 Å². The number of anilines is 1. The maximum Gasteiger partial charge on any atom is 0.227 e. The second-order valence-electron chi connectivity index (χ2n) is 7.96. The van der Waals surface area contributed by atoms with Crippen LogP contribution in [0.15, 0.2) is 54.7 Å². The normalized spacial score (nSPS) is 15.9. The Morgan fingerprint density at radius 3 is 2.38 bits per heavy atom. The van der Waals surface area contributed by atoms with Gasteiger partial charge in [0.2, 0.25) is 11.9 Å². The van der Waals surface area contributed by atoms with Crippen LogP contribution in [-0.4, -0.2) is 48.1 Å². The molecule has 166 valence electrons. The third-order valence-corrected chi connectivity index (χ3v) is 5.91. The van der Waals surface area contributed by atoms with Crippen LogP contribution < -0.4 is 15.2 Å². The van der Waals surface area contributed by atoms with Crippen molar-refractivity contribution in [1.82, 2.24) is 14.9 Å². The Labute approximate surface area is 188 Å². The van der Waals surface area contributed by atoms with E-state index in [9.17, 15) is 4.79 Å². The predicted octanol–water partition coefficient (Wildman–Crippen LogP) is 3.69. The minimum absolute atomic E-state index is 0.103. The van der Waals surface area contributed by atoms with Gasteiger partial charge in [0.25, 0.3) is 0 Å². The Balaban J connectivity index is 1.53. The van der Waals surface area contributed by atoms with Gasteiger partial charge in [-0.3, -0.25) is 4.79 Å². The lowest BCUT2D eigenvalue weighted by molar-refractivity contribution is -0.131. The summed E-state index contributed by atoms with van der Waals surface area (Å²) in [6.07, 6.45) is 4.02.